The molecule has 0 aliphatic rings. The van der Waals surface area contributed by atoms with Crippen LogP contribution in [0.3, 0.4) is 0 Å². The third-order valence-corrected chi connectivity index (χ3v) is 3.29. The van der Waals surface area contributed by atoms with Crippen molar-refractivity contribution >= 4 is 35.1 Å². The molecule has 0 aliphatic heterocycles. The van der Waals surface area contributed by atoms with Crippen molar-refractivity contribution in [3.63, 3.8) is 0 Å². The summed E-state index contributed by atoms with van der Waals surface area (Å²) in [5.41, 5.74) is -0.880. The van der Waals surface area contributed by atoms with Gasteiger partial charge in [0.25, 0.3) is 5.91 Å². The van der Waals surface area contributed by atoms with Gasteiger partial charge in [-0.15, -0.1) is 0 Å². The van der Waals surface area contributed by atoms with Gasteiger partial charge < -0.3 is 15.2 Å². The Bertz CT molecular complexity index is 511. The van der Waals surface area contributed by atoms with Gasteiger partial charge in [-0.25, -0.2) is 0 Å². The van der Waals surface area contributed by atoms with Crippen LogP contribution in [0.2, 0.25) is 10.0 Å². The number of carboxylic acid groups (broad SMARTS) is 1. The molecule has 1 aromatic carbocycles. The van der Waals surface area contributed by atoms with Crippen LogP contribution in [-0.4, -0.2) is 30.1 Å². The molecule has 0 radical (unpaired) electrons. The van der Waals surface area contributed by atoms with Crippen molar-refractivity contribution in [3.05, 3.63) is 28.2 Å². The molecule has 0 saturated carbocycles. The van der Waals surface area contributed by atoms with E-state index in [1.165, 1.54) is 0 Å². The molecule has 21 heavy (non-hydrogen) atoms. The smallest absolute Gasteiger partial charge is 0.309 e. The second-order valence-electron chi connectivity index (χ2n) is 5.18. The highest BCUT2D eigenvalue weighted by Crippen LogP contribution is 2.24. The summed E-state index contributed by atoms with van der Waals surface area (Å²) in [5.74, 6) is -0.845. The highest BCUT2D eigenvalue weighted by atomic mass is 35.5. The fourth-order valence-corrected chi connectivity index (χ4v) is 1.94. The highest BCUT2D eigenvalue weighted by Gasteiger charge is 2.26. The van der Waals surface area contributed by atoms with Gasteiger partial charge in [0.2, 0.25) is 0 Å². The number of nitrogens with one attached hydrogen (secondary N) is 1. The standard InChI is InChI=1S/C14H17Cl2NO4/c1-14(2,13(19)20)3-4-17-12(18)8-21-11-6-9(15)5-10(16)7-11/h5-7H,3-4,8H2,1-2H3,(H,17,18)(H,19,20). The lowest BCUT2D eigenvalue weighted by Crippen LogP contribution is -2.34. The first-order valence-corrected chi connectivity index (χ1v) is 7.05. The summed E-state index contributed by atoms with van der Waals surface area (Å²) in [4.78, 5) is 22.5. The van der Waals surface area contributed by atoms with E-state index in [1.54, 1.807) is 32.0 Å². The molecule has 0 spiro atoms. The third-order valence-electron chi connectivity index (χ3n) is 2.86. The number of benzene rings is 1. The van der Waals surface area contributed by atoms with Crippen LogP contribution in [0.25, 0.3) is 0 Å². The lowest BCUT2D eigenvalue weighted by molar-refractivity contribution is -0.147. The van der Waals surface area contributed by atoms with Gasteiger partial charge in [0.15, 0.2) is 6.61 Å². The van der Waals surface area contributed by atoms with E-state index in [2.05, 4.69) is 5.32 Å². The second-order valence-corrected chi connectivity index (χ2v) is 6.06. The largest absolute Gasteiger partial charge is 0.484 e. The lowest BCUT2D eigenvalue weighted by atomic mass is 9.90. The number of hydrogen-bond donors (Lipinski definition) is 2. The summed E-state index contributed by atoms with van der Waals surface area (Å²) in [6.07, 6.45) is 0.330. The Hall–Kier alpha value is -1.46. The number of carboxylic acids is 1. The topological polar surface area (TPSA) is 75.6 Å². The van der Waals surface area contributed by atoms with Gasteiger partial charge in [0.1, 0.15) is 5.75 Å². The molecule has 0 unspecified atom stereocenters. The number of hydrogen-bond acceptors (Lipinski definition) is 3. The van der Waals surface area contributed by atoms with Crippen LogP contribution < -0.4 is 10.1 Å². The van der Waals surface area contributed by atoms with Crippen molar-refractivity contribution in [2.75, 3.05) is 13.2 Å². The minimum atomic E-state index is -0.901. The summed E-state index contributed by atoms with van der Waals surface area (Å²) in [6.45, 7) is 3.28. The molecule has 0 atom stereocenters. The highest BCUT2D eigenvalue weighted by molar-refractivity contribution is 6.34. The van der Waals surface area contributed by atoms with Gasteiger partial charge >= 0.3 is 5.97 Å². The van der Waals surface area contributed by atoms with Gasteiger partial charge in [-0.2, -0.15) is 0 Å². The molecular weight excluding hydrogens is 317 g/mol. The monoisotopic (exact) mass is 333 g/mol. The Labute approximate surface area is 133 Å². The summed E-state index contributed by atoms with van der Waals surface area (Å²) < 4.78 is 5.26. The number of halogens is 2. The van der Waals surface area contributed by atoms with Crippen molar-refractivity contribution in [2.45, 2.75) is 20.3 Å². The third kappa shape index (κ3) is 6.23. The maximum absolute atomic E-state index is 11.6. The number of carbonyl (C=O) groups is 2. The Morgan fingerprint density at radius 1 is 1.24 bits per heavy atom. The van der Waals surface area contributed by atoms with Crippen molar-refractivity contribution in [1.82, 2.24) is 5.32 Å². The molecule has 1 aromatic rings. The maximum atomic E-state index is 11.6. The first kappa shape index (κ1) is 17.6. The van der Waals surface area contributed by atoms with E-state index in [4.69, 9.17) is 33.0 Å². The van der Waals surface area contributed by atoms with Crippen molar-refractivity contribution in [2.24, 2.45) is 5.41 Å². The zero-order valence-corrected chi connectivity index (χ0v) is 13.3. The minimum absolute atomic E-state index is 0.190. The van der Waals surface area contributed by atoms with Crippen molar-refractivity contribution < 1.29 is 19.4 Å². The van der Waals surface area contributed by atoms with E-state index in [9.17, 15) is 9.59 Å². The number of carbonyl (C=O) groups excluding carboxylic acids is 1. The maximum Gasteiger partial charge on any atom is 0.309 e. The summed E-state index contributed by atoms with van der Waals surface area (Å²) in [6, 6.07) is 4.66. The van der Waals surface area contributed by atoms with E-state index in [0.29, 0.717) is 22.2 Å². The van der Waals surface area contributed by atoms with Crippen LogP contribution in [0.15, 0.2) is 18.2 Å². The molecule has 0 saturated heterocycles. The zero-order valence-electron chi connectivity index (χ0n) is 11.8. The van der Waals surface area contributed by atoms with Gasteiger partial charge in [0.05, 0.1) is 5.41 Å². The first-order valence-electron chi connectivity index (χ1n) is 6.30. The van der Waals surface area contributed by atoms with Crippen LogP contribution in [-0.2, 0) is 9.59 Å². The molecule has 7 heteroatoms. The molecule has 1 rings (SSSR count). The molecule has 116 valence electrons. The fourth-order valence-electron chi connectivity index (χ4n) is 1.43. The van der Waals surface area contributed by atoms with Crippen molar-refractivity contribution in [3.8, 4) is 5.75 Å². The van der Waals surface area contributed by atoms with Crippen molar-refractivity contribution in [1.29, 1.82) is 0 Å². The fraction of sp³-hybridized carbons (Fsp3) is 0.429. The molecule has 0 aromatic heterocycles. The predicted molar refractivity (Wildman–Crippen MR) is 81.0 cm³/mol. The van der Waals surface area contributed by atoms with E-state index in [0.717, 1.165) is 0 Å². The molecule has 0 aliphatic carbocycles. The minimum Gasteiger partial charge on any atom is -0.484 e. The summed E-state index contributed by atoms with van der Waals surface area (Å²) >= 11 is 11.6. The van der Waals surface area contributed by atoms with E-state index in [1.807, 2.05) is 0 Å². The second kappa shape index (κ2) is 7.52. The molecule has 0 fully saturated rings. The lowest BCUT2D eigenvalue weighted by Gasteiger charge is -2.18. The van der Waals surface area contributed by atoms with Crippen LogP contribution in [0.4, 0.5) is 0 Å². The average Bonchev–Trinajstić information content (AvgIpc) is 2.35. The average molecular weight is 334 g/mol. The molecule has 2 N–H and O–H groups in total. The quantitative estimate of drug-likeness (QED) is 0.804. The van der Waals surface area contributed by atoms with Crippen LogP contribution >= 0.6 is 23.2 Å². The first-order chi connectivity index (χ1) is 9.70. The molecular formula is C14H17Cl2NO4. The van der Waals surface area contributed by atoms with Gasteiger partial charge in [0, 0.05) is 16.6 Å². The summed E-state index contributed by atoms with van der Waals surface area (Å²) in [7, 11) is 0. The predicted octanol–water partition coefficient (Wildman–Crippen LogP) is 2.99. The normalized spacial score (nSPS) is 11.0. The van der Waals surface area contributed by atoms with Crippen LogP contribution in [0.1, 0.15) is 20.3 Å². The number of rotatable bonds is 7. The van der Waals surface area contributed by atoms with E-state index < -0.39 is 11.4 Å². The van der Waals surface area contributed by atoms with E-state index in [-0.39, 0.29) is 19.1 Å². The molecule has 0 bridgehead atoms. The van der Waals surface area contributed by atoms with Crippen LogP contribution in [0, 0.1) is 5.41 Å². The van der Waals surface area contributed by atoms with Crippen LogP contribution in [0.5, 0.6) is 5.75 Å². The zero-order chi connectivity index (χ0) is 16.0. The molecule has 0 heterocycles. The Balaban J connectivity index is 2.36. The van der Waals surface area contributed by atoms with Gasteiger partial charge in [-0.3, -0.25) is 9.59 Å². The number of ether oxygens (including phenoxy) is 1. The Kier molecular flexibility index (Phi) is 6.30. The number of aliphatic carboxylic acids is 1. The summed E-state index contributed by atoms with van der Waals surface area (Å²) in [5, 5.41) is 12.4. The SMILES string of the molecule is CC(C)(CCNC(=O)COc1cc(Cl)cc(Cl)c1)C(=O)O. The Morgan fingerprint density at radius 2 is 1.81 bits per heavy atom. The number of amides is 1. The molecule has 1 amide bonds. The molecule has 5 nitrogen and oxygen atoms in total. The van der Waals surface area contributed by atoms with Gasteiger partial charge in [-0.05, 0) is 38.5 Å². The Morgan fingerprint density at radius 3 is 2.33 bits per heavy atom. The van der Waals surface area contributed by atoms with E-state index >= 15 is 0 Å². The van der Waals surface area contributed by atoms with Gasteiger partial charge in [-0.1, -0.05) is 23.2 Å².